The van der Waals surface area contributed by atoms with Gasteiger partial charge in [-0.2, -0.15) is 0 Å². The lowest BCUT2D eigenvalue weighted by molar-refractivity contribution is 0.0921. The number of hydrogen-bond acceptors (Lipinski definition) is 6. The molecule has 0 radical (unpaired) electrons. The topological polar surface area (TPSA) is 70.1 Å². The van der Waals surface area contributed by atoms with Gasteiger partial charge in [0.15, 0.2) is 0 Å². The van der Waals surface area contributed by atoms with E-state index in [2.05, 4.69) is 20.2 Å². The number of carbonyl (C=O) groups excluding carboxylic acids is 1. The van der Waals surface area contributed by atoms with Gasteiger partial charge in [-0.1, -0.05) is 17.7 Å². The normalized spacial score (nSPS) is 16.7. The van der Waals surface area contributed by atoms with E-state index in [1.54, 1.807) is 17.3 Å². The van der Waals surface area contributed by atoms with Crippen LogP contribution >= 0.6 is 11.6 Å². The Labute approximate surface area is 153 Å². The number of rotatable bonds is 5. The largest absolute Gasteiger partial charge is 0.453 e. The van der Waals surface area contributed by atoms with Crippen LogP contribution in [0.25, 0.3) is 5.70 Å². The second-order valence-corrected chi connectivity index (χ2v) is 6.08. The second-order valence-electron chi connectivity index (χ2n) is 5.67. The fourth-order valence-corrected chi connectivity index (χ4v) is 2.85. The van der Waals surface area contributed by atoms with Crippen LogP contribution in [0.2, 0.25) is 0 Å². The summed E-state index contributed by atoms with van der Waals surface area (Å²) in [5, 5.41) is 3.61. The molecule has 1 N–H and O–H groups in total. The highest BCUT2D eigenvalue weighted by atomic mass is 35.5. The van der Waals surface area contributed by atoms with Crippen molar-refractivity contribution in [1.82, 2.24) is 20.1 Å². The number of amides is 1. The van der Waals surface area contributed by atoms with Crippen molar-refractivity contribution < 1.29 is 9.53 Å². The van der Waals surface area contributed by atoms with Gasteiger partial charge in [-0.05, 0) is 18.6 Å². The molecule has 0 spiro atoms. The van der Waals surface area contributed by atoms with Crippen LogP contribution in [0.4, 0.5) is 4.79 Å². The number of carbonyl (C=O) groups is 1. The Morgan fingerprint density at radius 3 is 2.76 bits per heavy atom. The number of nitrogens with one attached hydrogen (secondary N) is 1. The van der Waals surface area contributed by atoms with Crippen LogP contribution in [-0.4, -0.2) is 74.1 Å². The summed E-state index contributed by atoms with van der Waals surface area (Å²) in [7, 11) is 3.21. The molecule has 2 heterocycles. The third-order valence-electron chi connectivity index (χ3n) is 4.03. The monoisotopic (exact) mass is 365 g/mol. The number of pyridine rings is 1. The molecule has 0 unspecified atom stereocenters. The molecular formula is C17H24ClN5O2. The standard InChI is InChI=1S/C17H24ClN5O2/c1-13-5-4-6-21-15(13)16(19-2)14(18)11-20-12-22-7-9-23(10-8-22)17(24)25-3/h4-6,11,19H,7-10,12H2,1-3H3/b16-14+,20-11?. The number of hydrogen-bond donors (Lipinski definition) is 1. The Morgan fingerprint density at radius 1 is 1.44 bits per heavy atom. The third-order valence-corrected chi connectivity index (χ3v) is 4.31. The predicted molar refractivity (Wildman–Crippen MR) is 99.7 cm³/mol. The van der Waals surface area contributed by atoms with Crippen molar-refractivity contribution in [1.29, 1.82) is 0 Å². The van der Waals surface area contributed by atoms with Gasteiger partial charge in [-0.15, -0.1) is 0 Å². The number of aliphatic imine (C=N–C) groups is 1. The minimum atomic E-state index is -0.279. The number of ether oxygens (including phenoxy) is 1. The van der Waals surface area contributed by atoms with Crippen molar-refractivity contribution >= 4 is 29.6 Å². The van der Waals surface area contributed by atoms with Gasteiger partial charge >= 0.3 is 6.09 Å². The predicted octanol–water partition coefficient (Wildman–Crippen LogP) is 1.93. The molecule has 25 heavy (non-hydrogen) atoms. The molecule has 7 nitrogen and oxygen atoms in total. The Hall–Kier alpha value is -2.12. The van der Waals surface area contributed by atoms with Crippen molar-refractivity contribution in [2.75, 3.05) is 47.0 Å². The second kappa shape index (κ2) is 9.39. The first-order chi connectivity index (χ1) is 12.1. The van der Waals surface area contributed by atoms with Gasteiger partial charge < -0.3 is 15.0 Å². The lowest BCUT2D eigenvalue weighted by atomic mass is 10.1. The van der Waals surface area contributed by atoms with Gasteiger partial charge in [-0.25, -0.2) is 4.79 Å². The molecule has 1 fully saturated rings. The summed E-state index contributed by atoms with van der Waals surface area (Å²) < 4.78 is 4.73. The van der Waals surface area contributed by atoms with E-state index in [0.29, 0.717) is 24.8 Å². The van der Waals surface area contributed by atoms with Crippen molar-refractivity contribution in [3.8, 4) is 0 Å². The highest BCUT2D eigenvalue weighted by molar-refractivity contribution is 6.42. The summed E-state index contributed by atoms with van der Waals surface area (Å²) in [5.74, 6) is 0. The summed E-state index contributed by atoms with van der Waals surface area (Å²) in [6.07, 6.45) is 3.11. The van der Waals surface area contributed by atoms with Crippen LogP contribution in [0.15, 0.2) is 28.4 Å². The minimum absolute atomic E-state index is 0.279. The van der Waals surface area contributed by atoms with Gasteiger partial charge in [-0.3, -0.25) is 14.9 Å². The minimum Gasteiger partial charge on any atom is -0.453 e. The van der Waals surface area contributed by atoms with E-state index in [0.717, 1.165) is 30.0 Å². The van der Waals surface area contributed by atoms with E-state index in [9.17, 15) is 4.79 Å². The van der Waals surface area contributed by atoms with Crippen molar-refractivity contribution in [2.45, 2.75) is 6.92 Å². The van der Waals surface area contributed by atoms with E-state index >= 15 is 0 Å². The lowest BCUT2D eigenvalue weighted by Crippen LogP contribution is -2.48. The summed E-state index contributed by atoms with van der Waals surface area (Å²) >= 11 is 6.39. The van der Waals surface area contributed by atoms with Gasteiger partial charge in [0.25, 0.3) is 0 Å². The smallest absolute Gasteiger partial charge is 0.409 e. The average Bonchev–Trinajstić information content (AvgIpc) is 2.64. The maximum atomic E-state index is 11.5. The lowest BCUT2D eigenvalue weighted by Gasteiger charge is -2.32. The average molecular weight is 366 g/mol. The van der Waals surface area contributed by atoms with E-state index in [1.807, 2.05) is 26.1 Å². The molecule has 1 aromatic rings. The maximum Gasteiger partial charge on any atom is 0.409 e. The summed E-state index contributed by atoms with van der Waals surface area (Å²) in [5.41, 5.74) is 2.60. The van der Waals surface area contributed by atoms with E-state index in [-0.39, 0.29) is 6.09 Å². The Balaban J connectivity index is 1.95. The van der Waals surface area contributed by atoms with Crippen LogP contribution in [0.3, 0.4) is 0 Å². The van der Waals surface area contributed by atoms with Crippen molar-refractivity contribution in [2.24, 2.45) is 4.99 Å². The van der Waals surface area contributed by atoms with E-state index in [1.165, 1.54) is 7.11 Å². The number of aromatic nitrogens is 1. The first kappa shape index (κ1) is 19.2. The zero-order valence-electron chi connectivity index (χ0n) is 14.8. The first-order valence-electron chi connectivity index (χ1n) is 8.11. The number of methoxy groups -OCH3 is 1. The SMILES string of the molecule is CN/C(=C(/Cl)C=NCN1CCN(C(=O)OC)CC1)c1ncccc1C. The zero-order valence-corrected chi connectivity index (χ0v) is 15.6. The van der Waals surface area contributed by atoms with Gasteiger partial charge in [0, 0.05) is 45.6 Å². The summed E-state index contributed by atoms with van der Waals surface area (Å²) in [4.78, 5) is 24.1. The number of piperazine rings is 1. The van der Waals surface area contributed by atoms with Gasteiger partial charge in [0.05, 0.1) is 30.2 Å². The third kappa shape index (κ3) is 5.17. The number of aryl methyl sites for hydroxylation is 1. The summed E-state index contributed by atoms with van der Waals surface area (Å²) in [6.45, 7) is 5.31. The van der Waals surface area contributed by atoms with Gasteiger partial charge in [0.2, 0.25) is 0 Å². The molecule has 1 amide bonds. The van der Waals surface area contributed by atoms with Crippen LogP contribution in [0, 0.1) is 6.92 Å². The van der Waals surface area contributed by atoms with E-state index in [4.69, 9.17) is 16.3 Å². The van der Waals surface area contributed by atoms with Crippen LogP contribution in [0.5, 0.6) is 0 Å². The molecule has 8 heteroatoms. The highest BCUT2D eigenvalue weighted by Crippen LogP contribution is 2.18. The van der Waals surface area contributed by atoms with Crippen LogP contribution in [-0.2, 0) is 4.74 Å². The van der Waals surface area contributed by atoms with E-state index < -0.39 is 0 Å². The quantitative estimate of drug-likeness (QED) is 0.807. The fourth-order valence-electron chi connectivity index (χ4n) is 2.60. The molecule has 0 aromatic carbocycles. The molecule has 1 aliphatic rings. The van der Waals surface area contributed by atoms with Crippen molar-refractivity contribution in [3.05, 3.63) is 34.6 Å². The molecule has 1 saturated heterocycles. The molecule has 1 aliphatic heterocycles. The molecule has 136 valence electrons. The molecule has 1 aromatic heterocycles. The molecular weight excluding hydrogens is 342 g/mol. The Kier molecular flexibility index (Phi) is 7.21. The zero-order chi connectivity index (χ0) is 18.2. The number of allylic oxidation sites excluding steroid dienone is 1. The molecule has 0 aliphatic carbocycles. The highest BCUT2D eigenvalue weighted by Gasteiger charge is 2.20. The molecule has 2 rings (SSSR count). The molecule has 0 atom stereocenters. The number of halogens is 1. The Bertz CT molecular complexity index is 654. The molecule has 0 bridgehead atoms. The number of nitrogens with zero attached hydrogens (tertiary/aromatic N) is 4. The van der Waals surface area contributed by atoms with Crippen molar-refractivity contribution in [3.63, 3.8) is 0 Å². The molecule has 0 saturated carbocycles. The fraction of sp³-hybridized carbons (Fsp3) is 0.471. The van der Waals surface area contributed by atoms with Gasteiger partial charge in [0.1, 0.15) is 0 Å². The summed E-state index contributed by atoms with van der Waals surface area (Å²) in [6, 6.07) is 3.88. The van der Waals surface area contributed by atoms with Crippen LogP contribution in [0.1, 0.15) is 11.3 Å². The van der Waals surface area contributed by atoms with Crippen LogP contribution < -0.4 is 5.32 Å². The Morgan fingerprint density at radius 2 is 2.16 bits per heavy atom. The maximum absolute atomic E-state index is 11.5. The first-order valence-corrected chi connectivity index (χ1v) is 8.49.